The molecule has 0 atom stereocenters. The molecule has 0 aliphatic heterocycles. The molecule has 2 aromatic rings. The molecular weight excluding hydrogens is 392 g/mol. The third-order valence-electron chi connectivity index (χ3n) is 4.55. The lowest BCUT2D eigenvalue weighted by atomic mass is 9.90. The Kier molecular flexibility index (Phi) is 7.35. The molecule has 1 heterocycles. The molecule has 7 nitrogen and oxygen atoms in total. The minimum Gasteiger partial charge on any atom is -0.466 e. The van der Waals surface area contributed by atoms with Crippen LogP contribution in [0.25, 0.3) is 0 Å². The fourth-order valence-corrected chi connectivity index (χ4v) is 3.95. The van der Waals surface area contributed by atoms with Gasteiger partial charge >= 0.3 is 11.9 Å². The fourth-order valence-electron chi connectivity index (χ4n) is 3.22. The number of carbonyl (C=O) groups excluding carboxylic acids is 3. The zero-order chi connectivity index (χ0) is 20.6. The van der Waals surface area contributed by atoms with Gasteiger partial charge < -0.3 is 9.47 Å². The van der Waals surface area contributed by atoms with Gasteiger partial charge in [0.05, 0.1) is 25.1 Å². The number of hydrogen-bond acceptors (Lipinski definition) is 7. The van der Waals surface area contributed by atoms with Crippen LogP contribution in [0, 0.1) is 0 Å². The van der Waals surface area contributed by atoms with Crippen LogP contribution in [0.15, 0.2) is 23.6 Å². The number of benzene rings is 1. The van der Waals surface area contributed by atoms with E-state index in [1.165, 1.54) is 35.3 Å². The van der Waals surface area contributed by atoms with Crippen LogP contribution in [-0.2, 0) is 49.5 Å². The number of amides is 1. The van der Waals surface area contributed by atoms with E-state index >= 15 is 0 Å². The highest BCUT2D eigenvalue weighted by molar-refractivity contribution is 7.13. The number of anilines is 1. The Labute approximate surface area is 173 Å². The molecule has 3 rings (SSSR count). The van der Waals surface area contributed by atoms with E-state index in [0.29, 0.717) is 17.4 Å². The Morgan fingerprint density at radius 3 is 2.62 bits per heavy atom. The summed E-state index contributed by atoms with van der Waals surface area (Å²) in [4.78, 5) is 39.6. The summed E-state index contributed by atoms with van der Waals surface area (Å²) in [7, 11) is 0. The topological polar surface area (TPSA) is 94.6 Å². The van der Waals surface area contributed by atoms with E-state index in [2.05, 4.69) is 22.4 Å². The van der Waals surface area contributed by atoms with Gasteiger partial charge in [-0.2, -0.15) is 0 Å². The lowest BCUT2D eigenvalue weighted by molar-refractivity contribution is -0.146. The predicted molar refractivity (Wildman–Crippen MR) is 109 cm³/mol. The number of nitrogens with zero attached hydrogens (tertiary/aromatic N) is 1. The molecule has 0 radical (unpaired) electrons. The standard InChI is InChI=1S/C21H24N2O5S/c1-2-27-20(26)11-17-13-29-21(22-17)23-18(24)12-28-19(25)10-14-7-8-15-5-3-4-6-16(15)9-14/h7-9,13H,2-6,10-12H2,1H3,(H,22,23,24). The number of thiazole rings is 1. The number of rotatable bonds is 8. The number of aromatic nitrogens is 1. The number of nitrogens with one attached hydrogen (secondary N) is 1. The molecule has 1 aromatic heterocycles. The van der Waals surface area contributed by atoms with Crippen molar-refractivity contribution in [1.82, 2.24) is 4.98 Å². The maximum atomic E-state index is 12.1. The second-order valence-corrected chi connectivity index (χ2v) is 7.68. The van der Waals surface area contributed by atoms with E-state index in [4.69, 9.17) is 9.47 Å². The summed E-state index contributed by atoms with van der Waals surface area (Å²) in [5.74, 6) is -1.29. The van der Waals surface area contributed by atoms with E-state index in [1.54, 1.807) is 12.3 Å². The lowest BCUT2D eigenvalue weighted by Gasteiger charge is -2.16. The molecule has 1 N–H and O–H groups in total. The van der Waals surface area contributed by atoms with Crippen LogP contribution >= 0.6 is 11.3 Å². The predicted octanol–water partition coefficient (Wildman–Crippen LogP) is 2.85. The van der Waals surface area contributed by atoms with Gasteiger partial charge in [-0.05, 0) is 49.3 Å². The van der Waals surface area contributed by atoms with Crippen molar-refractivity contribution in [2.24, 2.45) is 0 Å². The summed E-state index contributed by atoms with van der Waals surface area (Å²) >= 11 is 1.20. The minimum atomic E-state index is -0.471. The number of carbonyl (C=O) groups is 3. The number of fused-ring (bicyclic) bond motifs is 1. The molecule has 0 spiro atoms. The van der Waals surface area contributed by atoms with E-state index < -0.39 is 11.9 Å². The van der Waals surface area contributed by atoms with Crippen LogP contribution in [0.3, 0.4) is 0 Å². The molecule has 1 aromatic carbocycles. The summed E-state index contributed by atoms with van der Waals surface area (Å²) < 4.78 is 9.94. The van der Waals surface area contributed by atoms with Crippen LogP contribution in [0.5, 0.6) is 0 Å². The van der Waals surface area contributed by atoms with E-state index in [0.717, 1.165) is 18.4 Å². The molecule has 1 amide bonds. The summed E-state index contributed by atoms with van der Waals surface area (Å²) in [5.41, 5.74) is 4.09. The second-order valence-electron chi connectivity index (χ2n) is 6.82. The van der Waals surface area contributed by atoms with Gasteiger partial charge in [0.25, 0.3) is 5.91 Å². The Hall–Kier alpha value is -2.74. The molecule has 0 unspecified atom stereocenters. The monoisotopic (exact) mass is 416 g/mol. The molecule has 0 bridgehead atoms. The van der Waals surface area contributed by atoms with Crippen LogP contribution in [0.2, 0.25) is 0 Å². The van der Waals surface area contributed by atoms with Gasteiger partial charge in [0.15, 0.2) is 11.7 Å². The molecule has 0 saturated heterocycles. The van der Waals surface area contributed by atoms with Gasteiger partial charge in [0, 0.05) is 5.38 Å². The van der Waals surface area contributed by atoms with Crippen molar-refractivity contribution < 1.29 is 23.9 Å². The van der Waals surface area contributed by atoms with E-state index in [9.17, 15) is 14.4 Å². The molecule has 1 aliphatic rings. The zero-order valence-corrected chi connectivity index (χ0v) is 17.2. The highest BCUT2D eigenvalue weighted by Crippen LogP contribution is 2.22. The first-order valence-electron chi connectivity index (χ1n) is 9.69. The summed E-state index contributed by atoms with van der Waals surface area (Å²) in [5, 5.41) is 4.59. The third-order valence-corrected chi connectivity index (χ3v) is 5.36. The normalized spacial score (nSPS) is 12.7. The maximum absolute atomic E-state index is 12.1. The molecule has 0 saturated carbocycles. The minimum absolute atomic E-state index is 0.0516. The van der Waals surface area contributed by atoms with Gasteiger partial charge in [-0.3, -0.25) is 19.7 Å². The summed E-state index contributed by atoms with van der Waals surface area (Å²) in [6.07, 6.45) is 4.73. The summed E-state index contributed by atoms with van der Waals surface area (Å²) in [6.45, 7) is 1.66. The Morgan fingerprint density at radius 1 is 1.07 bits per heavy atom. The van der Waals surface area contributed by atoms with Crippen LogP contribution in [0.4, 0.5) is 5.13 Å². The van der Waals surface area contributed by atoms with Crippen molar-refractivity contribution in [3.8, 4) is 0 Å². The van der Waals surface area contributed by atoms with Crippen molar-refractivity contribution in [2.75, 3.05) is 18.5 Å². The van der Waals surface area contributed by atoms with Gasteiger partial charge in [-0.25, -0.2) is 4.98 Å². The fraction of sp³-hybridized carbons (Fsp3) is 0.429. The van der Waals surface area contributed by atoms with Crippen molar-refractivity contribution in [2.45, 2.75) is 45.4 Å². The van der Waals surface area contributed by atoms with Gasteiger partial charge in [-0.15, -0.1) is 11.3 Å². The molecular formula is C21H24N2O5S. The highest BCUT2D eigenvalue weighted by Gasteiger charge is 2.14. The van der Waals surface area contributed by atoms with Gasteiger partial charge in [0.1, 0.15) is 0 Å². The lowest BCUT2D eigenvalue weighted by Crippen LogP contribution is -2.21. The van der Waals surface area contributed by atoms with Crippen LogP contribution < -0.4 is 5.32 Å². The Balaban J connectivity index is 1.43. The van der Waals surface area contributed by atoms with Crippen LogP contribution in [-0.4, -0.2) is 36.0 Å². The maximum Gasteiger partial charge on any atom is 0.311 e. The van der Waals surface area contributed by atoms with E-state index in [1.807, 2.05) is 6.07 Å². The number of esters is 2. The van der Waals surface area contributed by atoms with Crippen LogP contribution in [0.1, 0.15) is 42.1 Å². The van der Waals surface area contributed by atoms with Crippen molar-refractivity contribution in [1.29, 1.82) is 0 Å². The van der Waals surface area contributed by atoms with Gasteiger partial charge in [-0.1, -0.05) is 18.2 Å². The molecule has 1 aliphatic carbocycles. The largest absolute Gasteiger partial charge is 0.466 e. The number of ether oxygens (including phenoxy) is 2. The number of hydrogen-bond donors (Lipinski definition) is 1. The van der Waals surface area contributed by atoms with E-state index in [-0.39, 0.29) is 25.4 Å². The Morgan fingerprint density at radius 2 is 1.83 bits per heavy atom. The smallest absolute Gasteiger partial charge is 0.311 e. The highest BCUT2D eigenvalue weighted by atomic mass is 32.1. The molecule has 29 heavy (non-hydrogen) atoms. The van der Waals surface area contributed by atoms with Gasteiger partial charge in [0.2, 0.25) is 0 Å². The van der Waals surface area contributed by atoms with Crippen molar-refractivity contribution >= 4 is 34.3 Å². The number of aryl methyl sites for hydroxylation is 2. The molecule has 154 valence electrons. The average Bonchev–Trinajstić information content (AvgIpc) is 3.13. The zero-order valence-electron chi connectivity index (χ0n) is 16.4. The first-order valence-corrected chi connectivity index (χ1v) is 10.6. The summed E-state index contributed by atoms with van der Waals surface area (Å²) in [6, 6.07) is 6.10. The third kappa shape index (κ3) is 6.39. The average molecular weight is 416 g/mol. The first kappa shape index (κ1) is 21.0. The van der Waals surface area contributed by atoms with Crippen molar-refractivity contribution in [3.63, 3.8) is 0 Å². The Bertz CT molecular complexity index is 893. The van der Waals surface area contributed by atoms with Crippen molar-refractivity contribution in [3.05, 3.63) is 46.0 Å². The quantitative estimate of drug-likeness (QED) is 0.665. The SMILES string of the molecule is CCOC(=O)Cc1csc(NC(=O)COC(=O)Cc2ccc3c(c2)CCCC3)n1. The second kappa shape index (κ2) is 10.2. The molecule has 0 fully saturated rings. The molecule has 8 heteroatoms. The first-order chi connectivity index (χ1) is 14.0.